The number of rotatable bonds is 2. The van der Waals surface area contributed by atoms with Crippen molar-refractivity contribution in [1.82, 2.24) is 19.4 Å². The lowest BCUT2D eigenvalue weighted by Crippen LogP contribution is -2.17. The molecule has 0 aliphatic carbocycles. The zero-order valence-electron chi connectivity index (χ0n) is 11.1. The first-order valence-electron chi connectivity index (χ1n) is 6.28. The first-order valence-corrected chi connectivity index (χ1v) is 7.07. The topological polar surface area (TPSA) is 81.6 Å². The minimum Gasteiger partial charge on any atom is -0.347 e. The Morgan fingerprint density at radius 3 is 2.86 bits per heavy atom. The fraction of sp³-hybridized carbons (Fsp3) is 0.154. The summed E-state index contributed by atoms with van der Waals surface area (Å²) in [6, 6.07) is 5.23. The standard InChI is InChI=1S/C13H12ClN5OS/c1-2-18-6-9(12-16-17-13(21)19(12)15)11(20)8-5-7(14)3-4-10(8)18/h3-6H,2,15H2,1H3,(H,17,21). The lowest BCUT2D eigenvalue weighted by atomic mass is 10.1. The van der Waals surface area contributed by atoms with Gasteiger partial charge < -0.3 is 10.4 Å². The number of aromatic amines is 1. The molecule has 2 heterocycles. The van der Waals surface area contributed by atoms with Crippen LogP contribution in [0.3, 0.4) is 0 Å². The SMILES string of the molecule is CCn1cc(-c2n[nH]c(=S)n2N)c(=O)c2cc(Cl)ccc21. The van der Waals surface area contributed by atoms with E-state index in [0.29, 0.717) is 28.3 Å². The molecule has 1 aromatic carbocycles. The van der Waals surface area contributed by atoms with E-state index in [1.54, 1.807) is 18.3 Å². The van der Waals surface area contributed by atoms with Crippen molar-refractivity contribution in [3.05, 3.63) is 44.4 Å². The number of nitrogen functional groups attached to an aromatic ring is 1. The van der Waals surface area contributed by atoms with Gasteiger partial charge in [-0.15, -0.1) is 0 Å². The highest BCUT2D eigenvalue weighted by Gasteiger charge is 2.15. The first-order chi connectivity index (χ1) is 10.0. The number of aryl methyl sites for hydroxylation is 1. The second kappa shape index (κ2) is 5.01. The predicted molar refractivity (Wildman–Crippen MR) is 85.4 cm³/mol. The predicted octanol–water partition coefficient (Wildman–Crippen LogP) is 2.31. The van der Waals surface area contributed by atoms with Gasteiger partial charge in [-0.1, -0.05) is 11.6 Å². The molecular formula is C13H12ClN5OS. The molecule has 6 nitrogen and oxygen atoms in total. The molecule has 0 aliphatic heterocycles. The summed E-state index contributed by atoms with van der Waals surface area (Å²) in [4.78, 5) is 12.7. The summed E-state index contributed by atoms with van der Waals surface area (Å²) in [5, 5.41) is 7.63. The average molecular weight is 322 g/mol. The van der Waals surface area contributed by atoms with Gasteiger partial charge in [-0.3, -0.25) is 4.79 Å². The molecule has 8 heteroatoms. The van der Waals surface area contributed by atoms with Crippen molar-refractivity contribution in [3.63, 3.8) is 0 Å². The van der Waals surface area contributed by atoms with Crippen LogP contribution < -0.4 is 11.3 Å². The molecule has 3 aromatic rings. The minimum atomic E-state index is -0.182. The number of hydrogen-bond donors (Lipinski definition) is 2. The molecule has 0 saturated heterocycles. The van der Waals surface area contributed by atoms with Gasteiger partial charge in [0.25, 0.3) is 0 Å². The summed E-state index contributed by atoms with van der Waals surface area (Å²) in [5.74, 6) is 6.11. The van der Waals surface area contributed by atoms with Crippen molar-refractivity contribution in [1.29, 1.82) is 0 Å². The quantitative estimate of drug-likeness (QED) is 0.560. The molecule has 0 spiro atoms. The van der Waals surface area contributed by atoms with Crippen LogP contribution in [0.25, 0.3) is 22.3 Å². The summed E-state index contributed by atoms with van der Waals surface area (Å²) < 4.78 is 3.38. The Morgan fingerprint density at radius 1 is 1.48 bits per heavy atom. The van der Waals surface area contributed by atoms with E-state index in [0.717, 1.165) is 5.52 Å². The maximum atomic E-state index is 12.7. The lowest BCUT2D eigenvalue weighted by Gasteiger charge is -2.11. The Balaban J connectivity index is 2.44. The number of nitrogens with one attached hydrogen (secondary N) is 1. The molecule has 0 radical (unpaired) electrons. The van der Waals surface area contributed by atoms with Gasteiger partial charge in [-0.2, -0.15) is 5.10 Å². The third kappa shape index (κ3) is 2.14. The monoisotopic (exact) mass is 321 g/mol. The summed E-state index contributed by atoms with van der Waals surface area (Å²) in [7, 11) is 0. The number of H-pyrrole nitrogens is 1. The van der Waals surface area contributed by atoms with Crippen molar-refractivity contribution < 1.29 is 0 Å². The number of pyridine rings is 1. The third-order valence-corrected chi connectivity index (χ3v) is 3.85. The lowest BCUT2D eigenvalue weighted by molar-refractivity contribution is 0.787. The summed E-state index contributed by atoms with van der Waals surface area (Å²) in [5.41, 5.74) is 1.01. The summed E-state index contributed by atoms with van der Waals surface area (Å²) in [6.45, 7) is 2.68. The van der Waals surface area contributed by atoms with Crippen LogP contribution in [-0.2, 0) is 6.54 Å². The highest BCUT2D eigenvalue weighted by molar-refractivity contribution is 7.71. The maximum absolute atomic E-state index is 12.7. The molecule has 108 valence electrons. The van der Waals surface area contributed by atoms with E-state index in [1.165, 1.54) is 4.68 Å². The van der Waals surface area contributed by atoms with Crippen LogP contribution in [0.1, 0.15) is 6.92 Å². The van der Waals surface area contributed by atoms with E-state index in [2.05, 4.69) is 10.2 Å². The van der Waals surface area contributed by atoms with Gasteiger partial charge in [-0.05, 0) is 37.3 Å². The maximum Gasteiger partial charge on any atom is 0.214 e. The van der Waals surface area contributed by atoms with Crippen LogP contribution >= 0.6 is 23.8 Å². The second-order valence-corrected chi connectivity index (χ2v) is 5.36. The van der Waals surface area contributed by atoms with Crippen LogP contribution in [-0.4, -0.2) is 19.4 Å². The van der Waals surface area contributed by atoms with Crippen LogP contribution in [0.5, 0.6) is 0 Å². The van der Waals surface area contributed by atoms with Crippen molar-refractivity contribution in [2.45, 2.75) is 13.5 Å². The average Bonchev–Trinajstić information content (AvgIpc) is 2.80. The molecule has 0 aliphatic rings. The van der Waals surface area contributed by atoms with Crippen LogP contribution in [0.2, 0.25) is 5.02 Å². The molecule has 0 unspecified atom stereocenters. The molecule has 0 amide bonds. The Bertz CT molecular complexity index is 955. The zero-order valence-corrected chi connectivity index (χ0v) is 12.7. The largest absolute Gasteiger partial charge is 0.347 e. The fourth-order valence-corrected chi connectivity index (χ4v) is 2.59. The van der Waals surface area contributed by atoms with Gasteiger partial charge >= 0.3 is 0 Å². The third-order valence-electron chi connectivity index (χ3n) is 3.33. The summed E-state index contributed by atoms with van der Waals surface area (Å²) in [6.07, 6.45) is 1.73. The van der Waals surface area contributed by atoms with Crippen LogP contribution in [0.15, 0.2) is 29.2 Å². The highest BCUT2D eigenvalue weighted by atomic mass is 35.5. The number of fused-ring (bicyclic) bond motifs is 1. The first kappa shape index (κ1) is 13.8. The van der Waals surface area contributed by atoms with Gasteiger partial charge in [0, 0.05) is 23.2 Å². The van der Waals surface area contributed by atoms with E-state index < -0.39 is 0 Å². The van der Waals surface area contributed by atoms with E-state index >= 15 is 0 Å². The fourth-order valence-electron chi connectivity index (χ4n) is 2.29. The Labute approximate surface area is 129 Å². The number of aromatic nitrogens is 4. The van der Waals surface area contributed by atoms with Gasteiger partial charge in [0.15, 0.2) is 5.82 Å². The number of benzene rings is 1. The Kier molecular flexibility index (Phi) is 3.30. The Morgan fingerprint density at radius 2 is 2.24 bits per heavy atom. The number of nitrogens with zero attached hydrogens (tertiary/aromatic N) is 3. The van der Waals surface area contributed by atoms with Crippen LogP contribution in [0.4, 0.5) is 0 Å². The van der Waals surface area contributed by atoms with Gasteiger partial charge in [-0.25, -0.2) is 9.77 Å². The van der Waals surface area contributed by atoms with Gasteiger partial charge in [0.05, 0.1) is 11.1 Å². The molecule has 3 N–H and O–H groups in total. The molecule has 21 heavy (non-hydrogen) atoms. The zero-order chi connectivity index (χ0) is 15.1. The molecule has 2 aromatic heterocycles. The van der Waals surface area contributed by atoms with E-state index in [1.807, 2.05) is 17.6 Å². The molecule has 0 bridgehead atoms. The number of halogens is 1. The number of nitrogens with two attached hydrogens (primary N) is 1. The Hall–Kier alpha value is -2.12. The van der Waals surface area contributed by atoms with Gasteiger partial charge in [0.2, 0.25) is 10.2 Å². The summed E-state index contributed by atoms with van der Waals surface area (Å²) >= 11 is 11.0. The van der Waals surface area contributed by atoms with E-state index in [-0.39, 0.29) is 10.2 Å². The highest BCUT2D eigenvalue weighted by Crippen LogP contribution is 2.21. The smallest absolute Gasteiger partial charge is 0.214 e. The number of hydrogen-bond acceptors (Lipinski definition) is 4. The van der Waals surface area contributed by atoms with Crippen molar-refractivity contribution >= 4 is 34.7 Å². The molecule has 0 saturated carbocycles. The second-order valence-electron chi connectivity index (χ2n) is 4.54. The molecule has 0 fully saturated rings. The van der Waals surface area contributed by atoms with Crippen molar-refractivity contribution in [2.75, 3.05) is 5.84 Å². The minimum absolute atomic E-state index is 0.182. The van der Waals surface area contributed by atoms with E-state index in [9.17, 15) is 4.79 Å². The van der Waals surface area contributed by atoms with Crippen molar-refractivity contribution in [2.24, 2.45) is 0 Å². The van der Waals surface area contributed by atoms with E-state index in [4.69, 9.17) is 29.7 Å². The molecular weight excluding hydrogens is 310 g/mol. The van der Waals surface area contributed by atoms with Gasteiger partial charge in [0.1, 0.15) is 0 Å². The molecule has 0 atom stereocenters. The molecule has 3 rings (SSSR count). The normalized spacial score (nSPS) is 11.1. The van der Waals surface area contributed by atoms with Crippen molar-refractivity contribution in [3.8, 4) is 11.4 Å². The van der Waals surface area contributed by atoms with Crippen LogP contribution in [0, 0.1) is 4.77 Å².